The molecule has 2 heteroatoms. The lowest BCUT2D eigenvalue weighted by atomic mass is 10.0. The van der Waals surface area contributed by atoms with Crippen LogP contribution < -0.4 is 0 Å². The summed E-state index contributed by atoms with van der Waals surface area (Å²) in [5.41, 5.74) is 7.27. The van der Waals surface area contributed by atoms with Crippen LogP contribution in [-0.4, -0.2) is 9.80 Å². The zero-order valence-corrected chi connectivity index (χ0v) is 19.1. The van der Waals surface area contributed by atoms with Crippen LogP contribution in [0, 0.1) is 6.67 Å². The minimum absolute atomic E-state index is 0.132. The first-order valence-corrected chi connectivity index (χ1v) is 11.5. The van der Waals surface area contributed by atoms with Crippen molar-refractivity contribution in [2.45, 2.75) is 25.9 Å². The van der Waals surface area contributed by atoms with Gasteiger partial charge in [0.25, 0.3) is 0 Å². The third kappa shape index (κ3) is 4.17. The molecule has 4 aromatic carbocycles. The molecular formula is C31H28N2. The number of hydrogen-bond acceptors (Lipinski definition) is 2. The summed E-state index contributed by atoms with van der Waals surface area (Å²) in [4.78, 5) is 4.62. The SMILES string of the molecule is CC(c1ccccc1)N1[C]N(C(C)c2ccccc2)C(c2ccccc2)=C1c1ccccc1. The second-order valence-electron chi connectivity index (χ2n) is 8.44. The molecule has 1 aliphatic heterocycles. The van der Waals surface area contributed by atoms with Crippen LogP contribution >= 0.6 is 0 Å². The Morgan fingerprint density at radius 1 is 0.455 bits per heavy atom. The highest BCUT2D eigenvalue weighted by molar-refractivity contribution is 5.92. The second-order valence-corrected chi connectivity index (χ2v) is 8.44. The molecule has 5 rings (SSSR count). The Morgan fingerprint density at radius 2 is 0.758 bits per heavy atom. The number of hydrogen-bond donors (Lipinski definition) is 0. The van der Waals surface area contributed by atoms with Crippen LogP contribution in [0.15, 0.2) is 121 Å². The zero-order chi connectivity index (χ0) is 22.6. The van der Waals surface area contributed by atoms with E-state index >= 15 is 0 Å². The lowest BCUT2D eigenvalue weighted by Crippen LogP contribution is -2.26. The molecule has 2 radical (unpaired) electrons. The van der Waals surface area contributed by atoms with E-state index in [1.54, 1.807) is 0 Å². The van der Waals surface area contributed by atoms with Crippen molar-refractivity contribution in [2.24, 2.45) is 0 Å². The first kappa shape index (κ1) is 21.1. The maximum Gasteiger partial charge on any atom is 0.209 e. The summed E-state index contributed by atoms with van der Waals surface area (Å²) < 4.78 is 0. The quantitative estimate of drug-likeness (QED) is 0.311. The molecule has 0 bridgehead atoms. The summed E-state index contributed by atoms with van der Waals surface area (Å²) in [6.07, 6.45) is 0. The van der Waals surface area contributed by atoms with Gasteiger partial charge in [-0.25, -0.2) is 0 Å². The summed E-state index contributed by atoms with van der Waals surface area (Å²) in [5, 5.41) is 0. The van der Waals surface area contributed by atoms with Crippen molar-refractivity contribution in [2.75, 3.05) is 0 Å². The van der Waals surface area contributed by atoms with Gasteiger partial charge in [0.1, 0.15) is 0 Å². The molecule has 162 valence electrons. The highest BCUT2D eigenvalue weighted by Gasteiger charge is 2.37. The lowest BCUT2D eigenvalue weighted by Gasteiger charge is -2.31. The Bertz CT molecular complexity index is 1100. The van der Waals surface area contributed by atoms with Crippen molar-refractivity contribution in [3.8, 4) is 0 Å². The predicted octanol–water partition coefficient (Wildman–Crippen LogP) is 7.65. The molecule has 0 aromatic heterocycles. The van der Waals surface area contributed by atoms with E-state index in [9.17, 15) is 0 Å². The van der Waals surface area contributed by atoms with Crippen molar-refractivity contribution < 1.29 is 0 Å². The molecule has 4 aromatic rings. The van der Waals surface area contributed by atoms with Crippen LogP contribution in [0.2, 0.25) is 0 Å². The van der Waals surface area contributed by atoms with Crippen LogP contribution in [0.3, 0.4) is 0 Å². The first-order chi connectivity index (χ1) is 16.2. The fourth-order valence-electron chi connectivity index (χ4n) is 4.51. The summed E-state index contributed by atoms with van der Waals surface area (Å²) in [5.74, 6) is 0. The standard InChI is InChI=1S/C31H28N2/c1-24(26-15-7-3-8-16-26)32-23-33(25(2)27-17-9-4-10-18-27)31(29-21-13-6-14-22-29)30(32)28-19-11-5-12-20-28/h3-22,24-25H,1-2H3. The Hall–Kier alpha value is -3.78. The molecule has 0 spiro atoms. The van der Waals surface area contributed by atoms with E-state index in [4.69, 9.17) is 0 Å². The summed E-state index contributed by atoms with van der Waals surface area (Å²) in [6, 6.07) is 43.0. The second kappa shape index (κ2) is 9.38. The molecule has 1 heterocycles. The lowest BCUT2D eigenvalue weighted by molar-refractivity contribution is 0.273. The fourth-order valence-corrected chi connectivity index (χ4v) is 4.51. The Labute approximate surface area is 197 Å². The van der Waals surface area contributed by atoms with E-state index in [0.717, 1.165) is 0 Å². The largest absolute Gasteiger partial charge is 0.332 e. The molecule has 0 amide bonds. The molecule has 2 atom stereocenters. The van der Waals surface area contributed by atoms with E-state index in [0.29, 0.717) is 0 Å². The van der Waals surface area contributed by atoms with Gasteiger partial charge in [0.15, 0.2) is 0 Å². The van der Waals surface area contributed by atoms with Gasteiger partial charge in [0.2, 0.25) is 6.67 Å². The van der Waals surface area contributed by atoms with E-state index in [1.807, 2.05) is 0 Å². The van der Waals surface area contributed by atoms with Crippen LogP contribution in [0.4, 0.5) is 0 Å². The minimum Gasteiger partial charge on any atom is -0.332 e. The molecule has 0 N–H and O–H groups in total. The van der Waals surface area contributed by atoms with Gasteiger partial charge in [-0.05, 0) is 25.0 Å². The van der Waals surface area contributed by atoms with Gasteiger partial charge >= 0.3 is 0 Å². The van der Waals surface area contributed by atoms with Crippen molar-refractivity contribution in [1.82, 2.24) is 9.80 Å². The maximum absolute atomic E-state index is 3.78. The van der Waals surface area contributed by atoms with E-state index < -0.39 is 0 Å². The van der Waals surface area contributed by atoms with Crippen LogP contribution in [0.25, 0.3) is 11.4 Å². The first-order valence-electron chi connectivity index (χ1n) is 11.5. The average molecular weight is 429 g/mol. The molecule has 33 heavy (non-hydrogen) atoms. The van der Waals surface area contributed by atoms with Crippen molar-refractivity contribution in [1.29, 1.82) is 0 Å². The van der Waals surface area contributed by atoms with E-state index in [-0.39, 0.29) is 12.1 Å². The molecular weight excluding hydrogens is 400 g/mol. The fraction of sp³-hybridized carbons (Fsp3) is 0.129. The molecule has 0 aliphatic carbocycles. The maximum atomic E-state index is 3.78. The Balaban J connectivity index is 1.70. The van der Waals surface area contributed by atoms with Gasteiger partial charge in [-0.1, -0.05) is 121 Å². The van der Waals surface area contributed by atoms with Crippen LogP contribution in [-0.2, 0) is 0 Å². The Kier molecular flexibility index (Phi) is 5.99. The highest BCUT2D eigenvalue weighted by Crippen LogP contribution is 2.47. The number of benzene rings is 4. The summed E-state index contributed by atoms with van der Waals surface area (Å²) in [7, 11) is 0. The molecule has 0 saturated carbocycles. The van der Waals surface area contributed by atoms with Gasteiger partial charge in [0.05, 0.1) is 23.5 Å². The zero-order valence-electron chi connectivity index (χ0n) is 19.1. The monoisotopic (exact) mass is 428 g/mol. The van der Waals surface area contributed by atoms with E-state index in [1.165, 1.54) is 33.6 Å². The molecule has 0 fully saturated rings. The van der Waals surface area contributed by atoms with Gasteiger partial charge < -0.3 is 9.80 Å². The molecule has 2 nitrogen and oxygen atoms in total. The average Bonchev–Trinajstić information content (AvgIpc) is 3.30. The Morgan fingerprint density at radius 3 is 1.09 bits per heavy atom. The van der Waals surface area contributed by atoms with Gasteiger partial charge in [-0.3, -0.25) is 0 Å². The third-order valence-corrected chi connectivity index (χ3v) is 6.35. The topological polar surface area (TPSA) is 6.48 Å². The molecule has 2 unspecified atom stereocenters. The van der Waals surface area contributed by atoms with Gasteiger partial charge in [0, 0.05) is 11.1 Å². The predicted molar refractivity (Wildman–Crippen MR) is 136 cm³/mol. The normalized spacial score (nSPS) is 15.6. The van der Waals surface area contributed by atoms with Crippen LogP contribution in [0.5, 0.6) is 0 Å². The minimum atomic E-state index is 0.132. The molecule has 0 saturated heterocycles. The molecule has 1 aliphatic rings. The third-order valence-electron chi connectivity index (χ3n) is 6.35. The van der Waals surface area contributed by atoms with Gasteiger partial charge in [-0.15, -0.1) is 0 Å². The van der Waals surface area contributed by atoms with Crippen LogP contribution in [0.1, 0.15) is 48.2 Å². The van der Waals surface area contributed by atoms with Crippen molar-refractivity contribution in [3.05, 3.63) is 150 Å². The smallest absolute Gasteiger partial charge is 0.209 e. The number of nitrogens with zero attached hydrogens (tertiary/aromatic N) is 2. The van der Waals surface area contributed by atoms with Gasteiger partial charge in [-0.2, -0.15) is 0 Å². The number of rotatable bonds is 6. The summed E-state index contributed by atoms with van der Waals surface area (Å²) >= 11 is 0. The van der Waals surface area contributed by atoms with Crippen molar-refractivity contribution in [3.63, 3.8) is 0 Å². The highest BCUT2D eigenvalue weighted by atomic mass is 15.4. The van der Waals surface area contributed by atoms with E-state index in [2.05, 4.69) is 152 Å². The van der Waals surface area contributed by atoms with Crippen molar-refractivity contribution >= 4 is 11.4 Å². The summed E-state index contributed by atoms with van der Waals surface area (Å²) in [6.45, 7) is 8.29.